The molecule has 1 aliphatic heterocycles. The van der Waals surface area contributed by atoms with Crippen molar-refractivity contribution in [3.63, 3.8) is 0 Å². The molecular formula is C18H18N2O4. The van der Waals surface area contributed by atoms with E-state index in [1.54, 1.807) is 12.1 Å². The van der Waals surface area contributed by atoms with Crippen LogP contribution in [-0.4, -0.2) is 39.5 Å². The molecule has 0 aliphatic carbocycles. The van der Waals surface area contributed by atoms with Crippen LogP contribution in [0.5, 0.6) is 11.5 Å². The third-order valence-electron chi connectivity index (χ3n) is 3.98. The zero-order valence-corrected chi connectivity index (χ0v) is 13.1. The van der Waals surface area contributed by atoms with Gasteiger partial charge in [-0.2, -0.15) is 0 Å². The maximum absolute atomic E-state index is 12.7. The fourth-order valence-corrected chi connectivity index (χ4v) is 2.79. The lowest BCUT2D eigenvalue weighted by atomic mass is 10.0. The molecule has 0 spiro atoms. The molecule has 24 heavy (non-hydrogen) atoms. The summed E-state index contributed by atoms with van der Waals surface area (Å²) in [6.45, 7) is 0.432. The number of amides is 1. The number of carboxylic acids is 1. The predicted molar refractivity (Wildman–Crippen MR) is 87.1 cm³/mol. The Balaban J connectivity index is 1.80. The summed E-state index contributed by atoms with van der Waals surface area (Å²) in [6, 6.07) is 11.6. The number of benzene rings is 1. The summed E-state index contributed by atoms with van der Waals surface area (Å²) in [5.74, 6) is -0.202. The molecule has 1 atom stereocenters. The summed E-state index contributed by atoms with van der Waals surface area (Å²) < 4.78 is 5.70. The van der Waals surface area contributed by atoms with Crippen LogP contribution in [0.25, 0.3) is 0 Å². The summed E-state index contributed by atoms with van der Waals surface area (Å²) in [4.78, 5) is 29.5. The van der Waals surface area contributed by atoms with Crippen molar-refractivity contribution in [3.8, 4) is 11.5 Å². The van der Waals surface area contributed by atoms with Gasteiger partial charge in [0, 0.05) is 18.8 Å². The maximum Gasteiger partial charge on any atom is 0.326 e. The molecule has 1 amide bonds. The molecule has 1 aliphatic rings. The number of aliphatic carboxylic acids is 1. The summed E-state index contributed by atoms with van der Waals surface area (Å²) in [5.41, 5.74) is 0.191. The molecule has 3 rings (SSSR count). The Morgan fingerprint density at radius 2 is 1.92 bits per heavy atom. The number of carbonyl (C=O) groups is 2. The molecule has 1 fully saturated rings. The van der Waals surface area contributed by atoms with E-state index in [1.165, 1.54) is 11.1 Å². The van der Waals surface area contributed by atoms with Crippen LogP contribution in [0.15, 0.2) is 48.7 Å². The van der Waals surface area contributed by atoms with Crippen molar-refractivity contribution in [2.75, 3.05) is 6.54 Å². The van der Waals surface area contributed by atoms with Crippen LogP contribution in [0.4, 0.5) is 0 Å². The van der Waals surface area contributed by atoms with Gasteiger partial charge in [-0.3, -0.25) is 9.78 Å². The average molecular weight is 326 g/mol. The first kappa shape index (κ1) is 16.0. The molecule has 1 saturated heterocycles. The summed E-state index contributed by atoms with van der Waals surface area (Å²) >= 11 is 0. The Kier molecular flexibility index (Phi) is 4.74. The van der Waals surface area contributed by atoms with Crippen LogP contribution >= 0.6 is 0 Å². The molecule has 1 aromatic heterocycles. The highest BCUT2D eigenvalue weighted by Gasteiger charge is 2.33. The van der Waals surface area contributed by atoms with Gasteiger partial charge in [0.05, 0.1) is 0 Å². The average Bonchev–Trinajstić information content (AvgIpc) is 2.62. The van der Waals surface area contributed by atoms with E-state index in [2.05, 4.69) is 4.98 Å². The van der Waals surface area contributed by atoms with Crippen molar-refractivity contribution in [3.05, 3.63) is 54.4 Å². The third kappa shape index (κ3) is 3.53. The number of hydrogen-bond donors (Lipinski definition) is 1. The van der Waals surface area contributed by atoms with Gasteiger partial charge < -0.3 is 14.7 Å². The normalized spacial score (nSPS) is 17.3. The van der Waals surface area contributed by atoms with E-state index >= 15 is 0 Å². The number of hydrogen-bond acceptors (Lipinski definition) is 4. The van der Waals surface area contributed by atoms with Crippen molar-refractivity contribution in [1.82, 2.24) is 9.88 Å². The van der Waals surface area contributed by atoms with Gasteiger partial charge in [0.15, 0.2) is 0 Å². The highest BCUT2D eigenvalue weighted by molar-refractivity contribution is 5.95. The standard InChI is InChI=1S/C18H18N2O4/c21-17(20-11-5-4-8-16(20)18(22)23)15-12-14(9-10-19-15)24-13-6-2-1-3-7-13/h1-3,6-7,9-10,12,16H,4-5,8,11H2,(H,22,23)/t16-/m1/s1. The van der Waals surface area contributed by atoms with Crippen molar-refractivity contribution in [1.29, 1.82) is 0 Å². The minimum Gasteiger partial charge on any atom is -0.480 e. The molecule has 2 aromatic rings. The molecular weight excluding hydrogens is 308 g/mol. The fourth-order valence-electron chi connectivity index (χ4n) is 2.79. The van der Waals surface area contributed by atoms with Crippen molar-refractivity contribution in [2.24, 2.45) is 0 Å². The van der Waals surface area contributed by atoms with Gasteiger partial charge in [-0.1, -0.05) is 18.2 Å². The second kappa shape index (κ2) is 7.12. The lowest BCUT2D eigenvalue weighted by Gasteiger charge is -2.32. The molecule has 1 aromatic carbocycles. The number of rotatable bonds is 4. The molecule has 0 saturated carbocycles. The van der Waals surface area contributed by atoms with Crippen LogP contribution < -0.4 is 4.74 Å². The van der Waals surface area contributed by atoms with E-state index in [1.807, 2.05) is 30.3 Å². The van der Waals surface area contributed by atoms with Gasteiger partial charge in [-0.05, 0) is 37.5 Å². The number of para-hydroxylation sites is 1. The van der Waals surface area contributed by atoms with E-state index in [0.29, 0.717) is 24.5 Å². The second-order valence-corrected chi connectivity index (χ2v) is 5.64. The minimum absolute atomic E-state index is 0.191. The van der Waals surface area contributed by atoms with E-state index < -0.39 is 12.0 Å². The number of piperidine rings is 1. The fraction of sp³-hybridized carbons (Fsp3) is 0.278. The van der Waals surface area contributed by atoms with Crippen LogP contribution in [0.3, 0.4) is 0 Å². The van der Waals surface area contributed by atoms with Gasteiger partial charge in [-0.25, -0.2) is 4.79 Å². The quantitative estimate of drug-likeness (QED) is 0.934. The van der Waals surface area contributed by atoms with Crippen molar-refractivity contribution in [2.45, 2.75) is 25.3 Å². The highest BCUT2D eigenvalue weighted by Crippen LogP contribution is 2.23. The molecule has 0 unspecified atom stereocenters. The Morgan fingerprint density at radius 3 is 2.67 bits per heavy atom. The van der Waals surface area contributed by atoms with E-state index in [9.17, 15) is 14.7 Å². The number of aromatic nitrogens is 1. The number of nitrogens with zero attached hydrogens (tertiary/aromatic N) is 2. The maximum atomic E-state index is 12.7. The van der Waals surface area contributed by atoms with Crippen LogP contribution in [0, 0.1) is 0 Å². The Bertz CT molecular complexity index is 733. The van der Waals surface area contributed by atoms with Crippen molar-refractivity contribution >= 4 is 11.9 Å². The van der Waals surface area contributed by atoms with E-state index in [-0.39, 0.29) is 11.6 Å². The summed E-state index contributed by atoms with van der Waals surface area (Å²) in [5, 5.41) is 9.31. The first-order chi connectivity index (χ1) is 11.6. The number of likely N-dealkylation sites (tertiary alicyclic amines) is 1. The molecule has 6 nitrogen and oxygen atoms in total. The van der Waals surface area contributed by atoms with Gasteiger partial charge >= 0.3 is 5.97 Å². The molecule has 6 heteroatoms. The monoisotopic (exact) mass is 326 g/mol. The Hall–Kier alpha value is -2.89. The molecule has 2 heterocycles. The minimum atomic E-state index is -0.972. The lowest BCUT2D eigenvalue weighted by molar-refractivity contribution is -0.143. The summed E-state index contributed by atoms with van der Waals surface area (Å²) in [7, 11) is 0. The number of carbonyl (C=O) groups excluding carboxylic acids is 1. The number of carboxylic acid groups (broad SMARTS) is 1. The lowest BCUT2D eigenvalue weighted by Crippen LogP contribution is -2.48. The van der Waals surface area contributed by atoms with E-state index in [0.717, 1.165) is 12.8 Å². The Labute approximate surface area is 139 Å². The van der Waals surface area contributed by atoms with Crippen LogP contribution in [-0.2, 0) is 4.79 Å². The molecule has 0 radical (unpaired) electrons. The predicted octanol–water partition coefficient (Wildman–Crippen LogP) is 2.95. The molecule has 124 valence electrons. The number of pyridine rings is 1. The first-order valence-corrected chi connectivity index (χ1v) is 7.88. The molecule has 0 bridgehead atoms. The van der Waals surface area contributed by atoms with Crippen molar-refractivity contribution < 1.29 is 19.4 Å². The summed E-state index contributed by atoms with van der Waals surface area (Å²) in [6.07, 6.45) is 3.58. The number of ether oxygens (including phenoxy) is 1. The van der Waals surface area contributed by atoms with Crippen LogP contribution in [0.1, 0.15) is 29.8 Å². The van der Waals surface area contributed by atoms with E-state index in [4.69, 9.17) is 4.74 Å². The van der Waals surface area contributed by atoms with Gasteiger partial charge in [0.1, 0.15) is 23.2 Å². The highest BCUT2D eigenvalue weighted by atomic mass is 16.5. The molecule has 1 N–H and O–H groups in total. The van der Waals surface area contributed by atoms with Gasteiger partial charge in [0.25, 0.3) is 5.91 Å². The van der Waals surface area contributed by atoms with Crippen LogP contribution in [0.2, 0.25) is 0 Å². The zero-order chi connectivity index (χ0) is 16.9. The second-order valence-electron chi connectivity index (χ2n) is 5.64. The Morgan fingerprint density at radius 1 is 1.12 bits per heavy atom. The largest absolute Gasteiger partial charge is 0.480 e. The zero-order valence-electron chi connectivity index (χ0n) is 13.1. The van der Waals surface area contributed by atoms with Gasteiger partial charge in [0.2, 0.25) is 0 Å². The SMILES string of the molecule is O=C(O)[C@H]1CCCCN1C(=O)c1cc(Oc2ccccc2)ccn1. The smallest absolute Gasteiger partial charge is 0.326 e. The van der Waals surface area contributed by atoms with Gasteiger partial charge in [-0.15, -0.1) is 0 Å². The topological polar surface area (TPSA) is 79.7 Å². The first-order valence-electron chi connectivity index (χ1n) is 7.88. The third-order valence-corrected chi connectivity index (χ3v) is 3.98.